The third-order valence-corrected chi connectivity index (χ3v) is 4.92. The Morgan fingerprint density at radius 3 is 2.81 bits per heavy atom. The van der Waals surface area contributed by atoms with Crippen LogP contribution in [0.5, 0.6) is 0 Å². The second-order valence-corrected chi connectivity index (χ2v) is 6.51. The Kier molecular flexibility index (Phi) is 6.18. The standard InChI is InChI=1S/C17H24N2OS/c1-3-5-6-8-14(20)16-10-9-15(21-16)13(7-4-2)17-18-11-12-19-17/h9-13H,3-8H2,1-2H3,(H,18,19). The summed E-state index contributed by atoms with van der Waals surface area (Å²) in [5, 5.41) is 0. The first kappa shape index (κ1) is 16.0. The minimum atomic E-state index is 0.284. The highest BCUT2D eigenvalue weighted by Crippen LogP contribution is 2.32. The van der Waals surface area contributed by atoms with E-state index in [2.05, 4.69) is 29.9 Å². The van der Waals surface area contributed by atoms with E-state index in [-0.39, 0.29) is 11.7 Å². The maximum atomic E-state index is 12.2. The first-order valence-electron chi connectivity index (χ1n) is 7.88. The summed E-state index contributed by atoms with van der Waals surface area (Å²) in [5.41, 5.74) is 0. The number of nitrogens with zero attached hydrogens (tertiary/aromatic N) is 1. The topological polar surface area (TPSA) is 45.8 Å². The zero-order chi connectivity index (χ0) is 15.1. The molecule has 0 radical (unpaired) electrons. The predicted molar refractivity (Wildman–Crippen MR) is 88.1 cm³/mol. The van der Waals surface area contributed by atoms with Crippen molar-refractivity contribution in [1.29, 1.82) is 0 Å². The van der Waals surface area contributed by atoms with Gasteiger partial charge in [-0.3, -0.25) is 4.79 Å². The minimum Gasteiger partial charge on any atom is -0.348 e. The molecule has 0 aliphatic heterocycles. The molecule has 2 aromatic rings. The van der Waals surface area contributed by atoms with Crippen molar-refractivity contribution in [2.75, 3.05) is 0 Å². The van der Waals surface area contributed by atoms with E-state index in [4.69, 9.17) is 0 Å². The highest BCUT2D eigenvalue weighted by molar-refractivity contribution is 7.14. The van der Waals surface area contributed by atoms with Gasteiger partial charge in [0, 0.05) is 23.7 Å². The van der Waals surface area contributed by atoms with E-state index < -0.39 is 0 Å². The van der Waals surface area contributed by atoms with Crippen molar-refractivity contribution in [3.63, 3.8) is 0 Å². The van der Waals surface area contributed by atoms with Gasteiger partial charge < -0.3 is 4.98 Å². The first-order chi connectivity index (χ1) is 10.3. The molecule has 1 N–H and O–H groups in total. The third-order valence-electron chi connectivity index (χ3n) is 3.68. The number of aromatic nitrogens is 2. The Morgan fingerprint density at radius 1 is 1.29 bits per heavy atom. The van der Waals surface area contributed by atoms with Gasteiger partial charge in [-0.15, -0.1) is 11.3 Å². The number of Topliss-reactive ketones (excluding diaryl/α,β-unsaturated/α-hetero) is 1. The molecular weight excluding hydrogens is 280 g/mol. The molecule has 3 nitrogen and oxygen atoms in total. The van der Waals surface area contributed by atoms with E-state index in [1.807, 2.05) is 12.3 Å². The van der Waals surface area contributed by atoms with Gasteiger partial charge in [0.15, 0.2) is 5.78 Å². The smallest absolute Gasteiger partial charge is 0.172 e. The summed E-state index contributed by atoms with van der Waals surface area (Å²) >= 11 is 1.64. The Balaban J connectivity index is 2.08. The van der Waals surface area contributed by atoms with Crippen LogP contribution in [0, 0.1) is 0 Å². The molecule has 0 saturated heterocycles. The molecule has 1 atom stereocenters. The second kappa shape index (κ2) is 8.13. The van der Waals surface area contributed by atoms with Gasteiger partial charge in [-0.1, -0.05) is 33.1 Å². The maximum absolute atomic E-state index is 12.2. The van der Waals surface area contributed by atoms with E-state index in [1.165, 1.54) is 4.88 Å². The Morgan fingerprint density at radius 2 is 2.14 bits per heavy atom. The highest BCUT2D eigenvalue weighted by Gasteiger charge is 2.19. The Labute approximate surface area is 130 Å². The molecule has 0 aromatic carbocycles. The van der Waals surface area contributed by atoms with Gasteiger partial charge in [0.25, 0.3) is 0 Å². The number of hydrogen-bond acceptors (Lipinski definition) is 3. The molecule has 2 rings (SSSR count). The van der Waals surface area contributed by atoms with Crippen molar-refractivity contribution in [3.8, 4) is 0 Å². The van der Waals surface area contributed by atoms with Crippen molar-refractivity contribution in [3.05, 3.63) is 40.1 Å². The van der Waals surface area contributed by atoms with Gasteiger partial charge in [0.1, 0.15) is 5.82 Å². The van der Waals surface area contributed by atoms with Crippen molar-refractivity contribution in [2.24, 2.45) is 0 Å². The second-order valence-electron chi connectivity index (χ2n) is 5.40. The number of nitrogens with one attached hydrogen (secondary N) is 1. The van der Waals surface area contributed by atoms with Gasteiger partial charge in [0.2, 0.25) is 0 Å². The quantitative estimate of drug-likeness (QED) is 0.513. The lowest BCUT2D eigenvalue weighted by atomic mass is 10.0. The van der Waals surface area contributed by atoms with Crippen LogP contribution in [-0.4, -0.2) is 15.8 Å². The molecule has 0 bridgehead atoms. The molecule has 21 heavy (non-hydrogen) atoms. The number of carbonyl (C=O) groups is 1. The van der Waals surface area contributed by atoms with E-state index in [0.29, 0.717) is 6.42 Å². The van der Waals surface area contributed by atoms with E-state index in [0.717, 1.165) is 42.8 Å². The summed E-state index contributed by atoms with van der Waals surface area (Å²) in [6.45, 7) is 4.34. The molecule has 0 spiro atoms. The van der Waals surface area contributed by atoms with Crippen LogP contribution < -0.4 is 0 Å². The summed E-state index contributed by atoms with van der Waals surface area (Å²) < 4.78 is 0. The number of rotatable bonds is 9. The monoisotopic (exact) mass is 304 g/mol. The fourth-order valence-corrected chi connectivity index (χ4v) is 3.63. The molecule has 0 amide bonds. The van der Waals surface area contributed by atoms with Crippen LogP contribution in [0.3, 0.4) is 0 Å². The van der Waals surface area contributed by atoms with E-state index >= 15 is 0 Å². The number of aromatic amines is 1. The summed E-state index contributed by atoms with van der Waals surface area (Å²) in [5.74, 6) is 1.57. The van der Waals surface area contributed by atoms with Crippen molar-refractivity contribution >= 4 is 17.1 Å². The van der Waals surface area contributed by atoms with Crippen molar-refractivity contribution in [1.82, 2.24) is 9.97 Å². The third kappa shape index (κ3) is 4.27. The Hall–Kier alpha value is -1.42. The highest BCUT2D eigenvalue weighted by atomic mass is 32.1. The first-order valence-corrected chi connectivity index (χ1v) is 8.70. The molecule has 0 saturated carbocycles. The molecular formula is C17H24N2OS. The average Bonchev–Trinajstić information content (AvgIpc) is 3.16. The largest absolute Gasteiger partial charge is 0.348 e. The number of carbonyl (C=O) groups excluding carboxylic acids is 1. The molecule has 114 valence electrons. The number of unbranched alkanes of at least 4 members (excludes halogenated alkanes) is 2. The average molecular weight is 304 g/mol. The fraction of sp³-hybridized carbons (Fsp3) is 0.529. The number of ketones is 1. The van der Waals surface area contributed by atoms with Gasteiger partial charge in [0.05, 0.1) is 10.8 Å². The Bertz CT molecular complexity index is 545. The minimum absolute atomic E-state index is 0.284. The number of hydrogen-bond donors (Lipinski definition) is 1. The van der Waals surface area contributed by atoms with Crippen LogP contribution in [-0.2, 0) is 0 Å². The van der Waals surface area contributed by atoms with Crippen LogP contribution >= 0.6 is 11.3 Å². The normalized spacial score (nSPS) is 12.5. The van der Waals surface area contributed by atoms with Crippen LogP contribution in [0.15, 0.2) is 24.5 Å². The van der Waals surface area contributed by atoms with E-state index in [9.17, 15) is 4.79 Å². The number of thiophene rings is 1. The lowest BCUT2D eigenvalue weighted by Gasteiger charge is -2.11. The van der Waals surface area contributed by atoms with Crippen LogP contribution in [0.2, 0.25) is 0 Å². The van der Waals surface area contributed by atoms with Crippen molar-refractivity contribution < 1.29 is 4.79 Å². The molecule has 0 fully saturated rings. The van der Waals surface area contributed by atoms with Crippen molar-refractivity contribution in [2.45, 2.75) is 58.3 Å². The maximum Gasteiger partial charge on any atom is 0.172 e. The molecule has 4 heteroatoms. The fourth-order valence-electron chi connectivity index (χ4n) is 2.52. The lowest BCUT2D eigenvalue weighted by Crippen LogP contribution is -2.01. The summed E-state index contributed by atoms with van der Waals surface area (Å²) in [4.78, 5) is 21.9. The van der Waals surface area contributed by atoms with Gasteiger partial charge in [-0.05, 0) is 25.0 Å². The lowest BCUT2D eigenvalue weighted by molar-refractivity contribution is 0.0983. The van der Waals surface area contributed by atoms with E-state index in [1.54, 1.807) is 17.5 Å². The van der Waals surface area contributed by atoms with Crippen LogP contribution in [0.1, 0.15) is 78.7 Å². The number of H-pyrrole nitrogens is 1. The summed E-state index contributed by atoms with van der Waals surface area (Å²) in [6, 6.07) is 4.08. The molecule has 2 aromatic heterocycles. The molecule has 0 aliphatic rings. The zero-order valence-corrected chi connectivity index (χ0v) is 13.7. The molecule has 0 aliphatic carbocycles. The molecule has 1 unspecified atom stereocenters. The van der Waals surface area contributed by atoms with Crippen LogP contribution in [0.25, 0.3) is 0 Å². The number of imidazole rings is 1. The van der Waals surface area contributed by atoms with Gasteiger partial charge >= 0.3 is 0 Å². The molecule has 2 heterocycles. The predicted octanol–water partition coefficient (Wildman–Crippen LogP) is 5.17. The zero-order valence-electron chi connectivity index (χ0n) is 12.9. The summed E-state index contributed by atoms with van der Waals surface area (Å²) in [7, 11) is 0. The van der Waals surface area contributed by atoms with Crippen LogP contribution in [0.4, 0.5) is 0 Å². The van der Waals surface area contributed by atoms with Gasteiger partial charge in [-0.25, -0.2) is 4.98 Å². The summed E-state index contributed by atoms with van der Waals surface area (Å²) in [6.07, 6.45) is 9.77. The van der Waals surface area contributed by atoms with Gasteiger partial charge in [-0.2, -0.15) is 0 Å². The SMILES string of the molecule is CCCCCC(=O)c1ccc(C(CCC)c2ncc[nH]2)s1.